The highest BCUT2D eigenvalue weighted by Gasteiger charge is 2.42. The van der Waals surface area contributed by atoms with Gasteiger partial charge in [0.1, 0.15) is 5.82 Å². The Labute approximate surface area is 274 Å². The molecular weight excluding hydrogens is 572 g/mol. The van der Waals surface area contributed by atoms with Crippen molar-refractivity contribution in [2.75, 3.05) is 29.9 Å². The minimum Gasteiger partial charge on any atom is -0.336 e. The predicted octanol–water partition coefficient (Wildman–Crippen LogP) is 7.26. The van der Waals surface area contributed by atoms with Crippen molar-refractivity contribution >= 4 is 23.3 Å². The number of carbonyl (C=O) groups excluding carboxylic acids is 2. The number of rotatable bonds is 8. The first-order valence-electron chi connectivity index (χ1n) is 17.8. The van der Waals surface area contributed by atoms with Crippen molar-refractivity contribution in [3.05, 3.63) is 77.4 Å². The third-order valence-electron chi connectivity index (χ3n) is 11.1. The fraction of sp³-hybridized carbons (Fsp3) is 0.553. The molecule has 2 saturated heterocycles. The van der Waals surface area contributed by atoms with Crippen LogP contribution in [0.5, 0.6) is 0 Å². The van der Waals surface area contributed by atoms with Gasteiger partial charge in [0.2, 0.25) is 5.91 Å². The Hall–Kier alpha value is -3.65. The first-order chi connectivity index (χ1) is 22.4. The topological polar surface area (TPSA) is 73.7 Å². The van der Waals surface area contributed by atoms with Crippen LogP contribution >= 0.6 is 0 Å². The molecular formula is C38H50N6O2. The highest BCUT2D eigenvalue weighted by molar-refractivity contribution is 6.01. The number of para-hydroxylation sites is 1. The van der Waals surface area contributed by atoms with Crippen LogP contribution in [0.25, 0.3) is 0 Å². The second kappa shape index (κ2) is 13.6. The second-order valence-corrected chi connectivity index (χ2v) is 14.2. The molecule has 8 heteroatoms. The monoisotopic (exact) mass is 622 g/mol. The van der Waals surface area contributed by atoms with E-state index < -0.39 is 0 Å². The molecule has 1 aliphatic carbocycles. The number of urea groups is 1. The molecule has 0 unspecified atom stereocenters. The van der Waals surface area contributed by atoms with E-state index in [4.69, 9.17) is 4.98 Å². The van der Waals surface area contributed by atoms with Crippen LogP contribution in [0.1, 0.15) is 93.0 Å². The number of aryl methyl sites for hydroxylation is 2. The number of hydrogen-bond acceptors (Lipinski definition) is 4. The smallest absolute Gasteiger partial charge is 0.326 e. The molecule has 8 nitrogen and oxygen atoms in total. The van der Waals surface area contributed by atoms with Gasteiger partial charge in [-0.25, -0.2) is 9.78 Å². The van der Waals surface area contributed by atoms with E-state index in [0.29, 0.717) is 37.1 Å². The molecule has 2 bridgehead atoms. The van der Waals surface area contributed by atoms with E-state index in [1.807, 2.05) is 59.5 Å². The van der Waals surface area contributed by atoms with Gasteiger partial charge in [-0.3, -0.25) is 14.6 Å². The molecule has 244 valence electrons. The lowest BCUT2D eigenvalue weighted by atomic mass is 9.88. The quantitative estimate of drug-likeness (QED) is 0.287. The van der Waals surface area contributed by atoms with Gasteiger partial charge in [-0.05, 0) is 83.1 Å². The molecule has 1 saturated carbocycles. The summed E-state index contributed by atoms with van der Waals surface area (Å²) in [6.07, 6.45) is 12.4. The van der Waals surface area contributed by atoms with Gasteiger partial charge >= 0.3 is 6.03 Å². The van der Waals surface area contributed by atoms with Gasteiger partial charge in [0, 0.05) is 67.2 Å². The zero-order valence-corrected chi connectivity index (χ0v) is 27.7. The summed E-state index contributed by atoms with van der Waals surface area (Å²) < 4.78 is 2.56. The molecule has 0 radical (unpaired) electrons. The molecule has 1 aromatic heterocycles. The van der Waals surface area contributed by atoms with Crippen molar-refractivity contribution in [3.63, 3.8) is 0 Å². The molecule has 3 aliphatic heterocycles. The lowest BCUT2D eigenvalue weighted by Crippen LogP contribution is -2.45. The van der Waals surface area contributed by atoms with Crippen LogP contribution in [0.2, 0.25) is 0 Å². The average Bonchev–Trinajstić information content (AvgIpc) is 3.53. The Morgan fingerprint density at radius 2 is 1.61 bits per heavy atom. The summed E-state index contributed by atoms with van der Waals surface area (Å²) in [4.78, 5) is 38.5. The fourth-order valence-corrected chi connectivity index (χ4v) is 8.84. The average molecular weight is 623 g/mol. The SMILES string of the molecule is Cc1ccc(NC(=O)N(CCCN2[C@@H]3CC[C@@H]2CC(n2c(C)nc4c2CCN(C(=O)C2CCCCC2)C4)C3)c2ccccc2)cc1. The first kappa shape index (κ1) is 31.0. The maximum absolute atomic E-state index is 13.5. The number of imidazole rings is 1. The minimum absolute atomic E-state index is 0.0869. The van der Waals surface area contributed by atoms with Gasteiger partial charge in [0.05, 0.1) is 12.2 Å². The van der Waals surface area contributed by atoms with Crippen LogP contribution in [0, 0.1) is 19.8 Å². The number of nitrogens with one attached hydrogen (secondary N) is 1. The Kier molecular flexibility index (Phi) is 9.16. The van der Waals surface area contributed by atoms with Crippen molar-refractivity contribution in [1.29, 1.82) is 0 Å². The molecule has 4 aliphatic rings. The normalized spacial score (nSPS) is 23.3. The number of carbonyl (C=O) groups is 2. The van der Waals surface area contributed by atoms with Crippen LogP contribution < -0.4 is 10.2 Å². The van der Waals surface area contributed by atoms with Gasteiger partial charge in [-0.15, -0.1) is 0 Å². The van der Waals surface area contributed by atoms with E-state index in [1.54, 1.807) is 0 Å². The van der Waals surface area contributed by atoms with Crippen molar-refractivity contribution in [2.24, 2.45) is 5.92 Å². The number of hydrogen-bond donors (Lipinski definition) is 1. The van der Waals surface area contributed by atoms with E-state index in [-0.39, 0.29) is 11.9 Å². The summed E-state index contributed by atoms with van der Waals surface area (Å²) in [6, 6.07) is 19.5. The number of aromatic nitrogens is 2. The third kappa shape index (κ3) is 6.46. The van der Waals surface area contributed by atoms with Crippen molar-refractivity contribution in [3.8, 4) is 0 Å². The van der Waals surface area contributed by atoms with Crippen LogP contribution in [0.3, 0.4) is 0 Å². The van der Waals surface area contributed by atoms with Crippen molar-refractivity contribution in [1.82, 2.24) is 19.4 Å². The van der Waals surface area contributed by atoms with E-state index in [1.165, 1.54) is 43.4 Å². The molecule has 2 atom stereocenters. The number of fused-ring (bicyclic) bond motifs is 3. The van der Waals surface area contributed by atoms with Crippen molar-refractivity contribution in [2.45, 2.75) is 109 Å². The number of anilines is 2. The van der Waals surface area contributed by atoms with E-state index in [2.05, 4.69) is 33.5 Å². The number of nitrogens with zero attached hydrogens (tertiary/aromatic N) is 5. The van der Waals surface area contributed by atoms with Gasteiger partial charge in [-0.1, -0.05) is 55.2 Å². The minimum atomic E-state index is -0.0869. The molecule has 3 amide bonds. The molecule has 2 aromatic carbocycles. The molecule has 46 heavy (non-hydrogen) atoms. The molecule has 4 heterocycles. The second-order valence-electron chi connectivity index (χ2n) is 14.2. The van der Waals surface area contributed by atoms with Crippen LogP contribution in [0.15, 0.2) is 54.6 Å². The number of amides is 3. The number of benzene rings is 2. The van der Waals surface area contributed by atoms with Crippen LogP contribution in [0.4, 0.5) is 16.2 Å². The number of piperidine rings is 1. The third-order valence-corrected chi connectivity index (χ3v) is 11.1. The molecule has 3 aromatic rings. The summed E-state index contributed by atoms with van der Waals surface area (Å²) in [5.74, 6) is 1.70. The Bertz CT molecular complexity index is 1500. The maximum Gasteiger partial charge on any atom is 0.326 e. The molecule has 3 fully saturated rings. The van der Waals surface area contributed by atoms with E-state index >= 15 is 0 Å². The predicted molar refractivity (Wildman–Crippen MR) is 183 cm³/mol. The maximum atomic E-state index is 13.5. The largest absolute Gasteiger partial charge is 0.336 e. The van der Waals surface area contributed by atoms with Crippen LogP contribution in [-0.2, 0) is 17.8 Å². The fourth-order valence-electron chi connectivity index (χ4n) is 8.84. The van der Waals surface area contributed by atoms with Gasteiger partial charge in [-0.2, -0.15) is 0 Å². The highest BCUT2D eigenvalue weighted by Crippen LogP contribution is 2.42. The molecule has 1 N–H and O–H groups in total. The lowest BCUT2D eigenvalue weighted by Gasteiger charge is -2.41. The first-order valence-corrected chi connectivity index (χ1v) is 17.8. The zero-order valence-electron chi connectivity index (χ0n) is 27.7. The summed E-state index contributed by atoms with van der Waals surface area (Å²) in [5, 5.41) is 3.11. The van der Waals surface area contributed by atoms with E-state index in [9.17, 15) is 9.59 Å². The van der Waals surface area contributed by atoms with Gasteiger partial charge < -0.3 is 14.8 Å². The standard InChI is InChI=1S/C38H50N6O2/c1-27-14-16-30(17-15-27)40-38(46)43(31-12-7-4-8-13-31)22-9-21-42-32-18-19-33(42)25-34(24-32)44-28(2)39-35-26-41(23-20-36(35)44)37(45)29-10-5-3-6-11-29/h4,7-8,12-17,29,32-34H,3,5-6,9-11,18-26H2,1-2H3,(H,40,46)/t32-,33-/m1/s1. The summed E-state index contributed by atoms with van der Waals surface area (Å²) in [6.45, 7) is 7.40. The molecule has 0 spiro atoms. The Balaban J connectivity index is 0.974. The summed E-state index contributed by atoms with van der Waals surface area (Å²) >= 11 is 0. The highest BCUT2D eigenvalue weighted by atomic mass is 16.2. The molecule has 7 rings (SSSR count). The van der Waals surface area contributed by atoms with Gasteiger partial charge in [0.25, 0.3) is 0 Å². The lowest BCUT2D eigenvalue weighted by molar-refractivity contribution is -0.137. The van der Waals surface area contributed by atoms with Crippen LogP contribution in [-0.4, -0.2) is 63.0 Å². The van der Waals surface area contributed by atoms with Gasteiger partial charge in [0.15, 0.2) is 0 Å². The summed E-state index contributed by atoms with van der Waals surface area (Å²) in [7, 11) is 0. The zero-order chi connectivity index (χ0) is 31.6. The summed E-state index contributed by atoms with van der Waals surface area (Å²) in [5.41, 5.74) is 5.42. The van der Waals surface area contributed by atoms with Crippen molar-refractivity contribution < 1.29 is 9.59 Å². The Morgan fingerprint density at radius 3 is 2.33 bits per heavy atom. The Morgan fingerprint density at radius 1 is 0.891 bits per heavy atom. The van der Waals surface area contributed by atoms with E-state index in [0.717, 1.165) is 74.5 Å².